The lowest BCUT2D eigenvalue weighted by Crippen LogP contribution is -2.31. The van der Waals surface area contributed by atoms with Crippen molar-refractivity contribution in [3.63, 3.8) is 0 Å². The molecular weight excluding hydrogens is 354 g/mol. The number of hydrogen-bond acceptors (Lipinski definition) is 5. The number of unbranched alkanes of at least 4 members (excludes halogenated alkanes) is 2. The molecule has 1 aromatic carbocycles. The monoisotopic (exact) mass is 379 g/mol. The Morgan fingerprint density at radius 1 is 1.07 bits per heavy atom. The van der Waals surface area contributed by atoms with E-state index >= 15 is 0 Å². The summed E-state index contributed by atoms with van der Waals surface area (Å²) in [6.07, 6.45) is 6.73. The van der Waals surface area contributed by atoms with Gasteiger partial charge in [-0.3, -0.25) is 9.59 Å². The standard InChI is InChI=1S/C22H25N3O3/c26-15-17(27)7-2-1-5-14-24-19-9-3-4-10-20(19)25(16-11-12-16)21-18(22(24)28)8-6-13-23-21/h3-4,6,8-10,13,16,26H,1-2,5,7,11-12,14-15H2. The van der Waals surface area contributed by atoms with Gasteiger partial charge in [-0.2, -0.15) is 0 Å². The first-order valence-electron chi connectivity index (χ1n) is 9.98. The summed E-state index contributed by atoms with van der Waals surface area (Å²) in [7, 11) is 0. The van der Waals surface area contributed by atoms with Gasteiger partial charge in [0.15, 0.2) is 5.78 Å². The van der Waals surface area contributed by atoms with Crippen LogP contribution in [-0.2, 0) is 4.79 Å². The normalized spacial score (nSPS) is 15.8. The van der Waals surface area contributed by atoms with Crippen molar-refractivity contribution in [2.45, 2.75) is 44.6 Å². The van der Waals surface area contributed by atoms with Crippen LogP contribution >= 0.6 is 0 Å². The molecular formula is C22H25N3O3. The van der Waals surface area contributed by atoms with Gasteiger partial charge in [-0.05, 0) is 49.9 Å². The largest absolute Gasteiger partial charge is 0.389 e. The maximum atomic E-state index is 13.4. The first-order valence-corrected chi connectivity index (χ1v) is 9.98. The summed E-state index contributed by atoms with van der Waals surface area (Å²) in [5, 5.41) is 8.83. The summed E-state index contributed by atoms with van der Waals surface area (Å²) >= 11 is 0. The van der Waals surface area contributed by atoms with Crippen LogP contribution < -0.4 is 9.80 Å². The average molecular weight is 379 g/mol. The molecule has 2 heterocycles. The number of amides is 1. The molecule has 1 amide bonds. The fourth-order valence-electron chi connectivity index (χ4n) is 3.79. The van der Waals surface area contributed by atoms with Crippen LogP contribution in [-0.4, -0.2) is 41.0 Å². The van der Waals surface area contributed by atoms with Crippen molar-refractivity contribution in [3.05, 3.63) is 48.2 Å². The van der Waals surface area contributed by atoms with Gasteiger partial charge in [0, 0.05) is 25.2 Å². The third-order valence-corrected chi connectivity index (χ3v) is 5.35. The zero-order valence-electron chi connectivity index (χ0n) is 15.9. The lowest BCUT2D eigenvalue weighted by molar-refractivity contribution is -0.121. The smallest absolute Gasteiger partial charge is 0.262 e. The second kappa shape index (κ2) is 8.10. The third kappa shape index (κ3) is 3.64. The van der Waals surface area contributed by atoms with Gasteiger partial charge >= 0.3 is 0 Å². The van der Waals surface area contributed by atoms with E-state index in [9.17, 15) is 9.59 Å². The summed E-state index contributed by atoms with van der Waals surface area (Å²) in [6.45, 7) is 0.203. The van der Waals surface area contributed by atoms with Crippen molar-refractivity contribution in [1.82, 2.24) is 4.98 Å². The minimum atomic E-state index is -0.390. The Morgan fingerprint density at radius 2 is 1.86 bits per heavy atom. The van der Waals surface area contributed by atoms with E-state index in [1.165, 1.54) is 0 Å². The number of carbonyl (C=O) groups excluding carboxylic acids is 2. The van der Waals surface area contributed by atoms with Gasteiger partial charge in [-0.25, -0.2) is 4.98 Å². The van der Waals surface area contributed by atoms with E-state index in [-0.39, 0.29) is 11.7 Å². The number of benzene rings is 1. The molecule has 0 saturated heterocycles. The number of nitrogens with zero attached hydrogens (tertiary/aromatic N) is 3. The maximum Gasteiger partial charge on any atom is 0.262 e. The number of aromatic nitrogens is 1. The van der Waals surface area contributed by atoms with Crippen molar-refractivity contribution < 1.29 is 14.7 Å². The predicted octanol–water partition coefficient (Wildman–Crippen LogP) is 3.46. The molecule has 0 atom stereocenters. The molecule has 2 aliphatic rings. The molecule has 2 aromatic rings. The number of para-hydroxylation sites is 2. The van der Waals surface area contributed by atoms with Gasteiger partial charge in [-0.15, -0.1) is 0 Å². The lowest BCUT2D eigenvalue weighted by Gasteiger charge is -2.26. The minimum Gasteiger partial charge on any atom is -0.389 e. The predicted molar refractivity (Wildman–Crippen MR) is 108 cm³/mol. The number of rotatable bonds is 8. The topological polar surface area (TPSA) is 73.7 Å². The Morgan fingerprint density at radius 3 is 2.61 bits per heavy atom. The van der Waals surface area contributed by atoms with Gasteiger partial charge in [0.2, 0.25) is 0 Å². The van der Waals surface area contributed by atoms with Gasteiger partial charge in [0.25, 0.3) is 5.91 Å². The van der Waals surface area contributed by atoms with Crippen molar-refractivity contribution >= 4 is 28.9 Å². The summed E-state index contributed by atoms with van der Waals surface area (Å²) in [6, 6.07) is 12.1. The van der Waals surface area contributed by atoms with Crippen LogP contribution in [0.3, 0.4) is 0 Å². The van der Waals surface area contributed by atoms with E-state index in [1.807, 2.05) is 35.2 Å². The molecule has 1 fully saturated rings. The summed E-state index contributed by atoms with van der Waals surface area (Å²) in [5.74, 6) is 0.597. The van der Waals surface area contributed by atoms with Crippen LogP contribution in [0.15, 0.2) is 42.6 Å². The highest BCUT2D eigenvalue weighted by Crippen LogP contribution is 2.45. The molecule has 6 nitrogen and oxygen atoms in total. The molecule has 1 aliphatic heterocycles. The fraction of sp³-hybridized carbons (Fsp3) is 0.409. The zero-order valence-corrected chi connectivity index (χ0v) is 15.9. The summed E-state index contributed by atoms with van der Waals surface area (Å²) in [4.78, 5) is 33.3. The first-order chi connectivity index (χ1) is 13.7. The van der Waals surface area contributed by atoms with E-state index in [0.717, 1.165) is 49.3 Å². The second-order valence-corrected chi connectivity index (χ2v) is 7.43. The number of anilines is 3. The van der Waals surface area contributed by atoms with Crippen LogP contribution in [0.5, 0.6) is 0 Å². The van der Waals surface area contributed by atoms with E-state index in [4.69, 9.17) is 5.11 Å². The Labute approximate surface area is 164 Å². The number of ketones is 1. The number of aliphatic hydroxyl groups is 1. The molecule has 1 N–H and O–H groups in total. The number of carbonyl (C=O) groups is 2. The molecule has 4 rings (SSSR count). The van der Waals surface area contributed by atoms with Gasteiger partial charge < -0.3 is 14.9 Å². The van der Waals surface area contributed by atoms with E-state index in [2.05, 4.69) is 16.0 Å². The number of hydrogen-bond donors (Lipinski definition) is 1. The SMILES string of the molecule is O=C(CO)CCCCCN1C(=O)c2cccnc2N(C2CC2)c2ccccc21. The summed E-state index contributed by atoms with van der Waals surface area (Å²) < 4.78 is 0. The fourth-order valence-corrected chi connectivity index (χ4v) is 3.79. The van der Waals surface area contributed by atoms with Crippen LogP contribution in [0.1, 0.15) is 48.9 Å². The van der Waals surface area contributed by atoms with E-state index < -0.39 is 6.61 Å². The molecule has 0 bridgehead atoms. The molecule has 1 aliphatic carbocycles. The molecule has 6 heteroatoms. The quantitative estimate of drug-likeness (QED) is 0.711. The number of Topliss-reactive ketones (excluding diaryl/α,β-unsaturated/α-hetero) is 1. The van der Waals surface area contributed by atoms with Crippen molar-refractivity contribution in [1.29, 1.82) is 0 Å². The molecule has 0 spiro atoms. The molecule has 0 radical (unpaired) electrons. The van der Waals surface area contributed by atoms with Gasteiger partial charge in [-0.1, -0.05) is 18.6 Å². The van der Waals surface area contributed by atoms with Crippen molar-refractivity contribution in [3.8, 4) is 0 Å². The number of pyridine rings is 1. The third-order valence-electron chi connectivity index (χ3n) is 5.35. The molecule has 0 unspecified atom stereocenters. The maximum absolute atomic E-state index is 13.4. The van der Waals surface area contributed by atoms with Crippen LogP contribution in [0, 0.1) is 0 Å². The van der Waals surface area contributed by atoms with Gasteiger partial charge in [0.1, 0.15) is 12.4 Å². The average Bonchev–Trinajstić information content (AvgIpc) is 3.56. The first kappa shape index (κ1) is 18.6. The zero-order chi connectivity index (χ0) is 19.5. The highest BCUT2D eigenvalue weighted by Gasteiger charge is 2.38. The Kier molecular flexibility index (Phi) is 5.39. The number of aliphatic hydroxyl groups excluding tert-OH is 1. The van der Waals surface area contributed by atoms with Crippen LogP contribution in [0.2, 0.25) is 0 Å². The van der Waals surface area contributed by atoms with Crippen LogP contribution in [0.25, 0.3) is 0 Å². The van der Waals surface area contributed by atoms with E-state index in [1.54, 1.807) is 6.20 Å². The Balaban J connectivity index is 1.60. The lowest BCUT2D eigenvalue weighted by atomic mass is 10.1. The highest BCUT2D eigenvalue weighted by atomic mass is 16.3. The van der Waals surface area contributed by atoms with Crippen molar-refractivity contribution in [2.24, 2.45) is 0 Å². The highest BCUT2D eigenvalue weighted by molar-refractivity contribution is 6.13. The Bertz CT molecular complexity index is 879. The molecule has 1 saturated carbocycles. The molecule has 1 aromatic heterocycles. The summed E-state index contributed by atoms with van der Waals surface area (Å²) in [5.41, 5.74) is 2.59. The van der Waals surface area contributed by atoms with Crippen molar-refractivity contribution in [2.75, 3.05) is 23.0 Å². The second-order valence-electron chi connectivity index (χ2n) is 7.43. The van der Waals surface area contributed by atoms with Crippen LogP contribution in [0.4, 0.5) is 17.2 Å². The molecule has 28 heavy (non-hydrogen) atoms. The van der Waals surface area contributed by atoms with Gasteiger partial charge in [0.05, 0.1) is 16.9 Å². The number of fused-ring (bicyclic) bond motifs is 2. The minimum absolute atomic E-state index is 0.0230. The Hall–Kier alpha value is -2.73. The van der Waals surface area contributed by atoms with E-state index in [0.29, 0.717) is 24.6 Å². The molecule has 146 valence electrons.